The molecule has 0 bridgehead atoms. The van der Waals surface area contributed by atoms with Crippen LogP contribution in [0.3, 0.4) is 0 Å². The molecule has 1 heterocycles. The fraction of sp³-hybridized carbons (Fsp3) is 0.458. The van der Waals surface area contributed by atoms with Crippen molar-refractivity contribution in [2.75, 3.05) is 17.5 Å². The Labute approximate surface area is 184 Å². The third-order valence-corrected chi connectivity index (χ3v) is 7.97. The van der Waals surface area contributed by atoms with Gasteiger partial charge in [-0.25, -0.2) is 8.42 Å². The van der Waals surface area contributed by atoms with Crippen LogP contribution in [-0.2, 0) is 21.2 Å². The Balaban J connectivity index is 1.40. The highest BCUT2D eigenvalue weighted by Crippen LogP contribution is 2.33. The average Bonchev–Trinajstić information content (AvgIpc) is 3.04. The largest absolute Gasteiger partial charge is 0.484 e. The minimum Gasteiger partial charge on any atom is -0.484 e. The first-order valence-electron chi connectivity index (χ1n) is 11.1. The number of anilines is 1. The Morgan fingerprint density at radius 3 is 2.58 bits per heavy atom. The molecule has 31 heavy (non-hydrogen) atoms. The van der Waals surface area contributed by atoms with Crippen LogP contribution in [0.2, 0.25) is 0 Å². The number of sulfonamides is 1. The molecule has 4 rings (SSSR count). The standard InChI is InChI=1S/C24H30N2O4S/c1-18-16-21(31(28,29)26-15-14-19-8-6-7-11-22(19)26)12-13-23(18)30-17-24(27)25-20-9-4-2-3-5-10-20/h6-8,11-13,16,20H,2-5,9-10,14-15,17H2,1H3,(H,25,27). The highest BCUT2D eigenvalue weighted by atomic mass is 32.2. The summed E-state index contributed by atoms with van der Waals surface area (Å²) in [6.07, 6.45) is 7.55. The van der Waals surface area contributed by atoms with Gasteiger partial charge in [-0.3, -0.25) is 9.10 Å². The van der Waals surface area contributed by atoms with Crippen molar-refractivity contribution in [3.05, 3.63) is 53.6 Å². The molecule has 166 valence electrons. The second-order valence-electron chi connectivity index (χ2n) is 8.43. The Kier molecular flexibility index (Phi) is 6.51. The number of nitrogens with zero attached hydrogens (tertiary/aromatic N) is 1. The summed E-state index contributed by atoms with van der Waals surface area (Å²) >= 11 is 0. The molecule has 0 atom stereocenters. The zero-order valence-corrected chi connectivity index (χ0v) is 18.8. The predicted molar refractivity (Wildman–Crippen MR) is 121 cm³/mol. The van der Waals surface area contributed by atoms with Crippen LogP contribution in [0.15, 0.2) is 47.4 Å². The molecule has 7 heteroatoms. The lowest BCUT2D eigenvalue weighted by Gasteiger charge is -2.20. The SMILES string of the molecule is Cc1cc(S(=O)(=O)N2CCc3ccccc32)ccc1OCC(=O)NC1CCCCCC1. The highest BCUT2D eigenvalue weighted by Gasteiger charge is 2.30. The van der Waals surface area contributed by atoms with E-state index in [2.05, 4.69) is 5.32 Å². The van der Waals surface area contributed by atoms with Crippen LogP contribution in [0.25, 0.3) is 0 Å². The third-order valence-electron chi connectivity index (χ3n) is 6.16. The van der Waals surface area contributed by atoms with E-state index in [4.69, 9.17) is 4.74 Å². The highest BCUT2D eigenvalue weighted by molar-refractivity contribution is 7.92. The monoisotopic (exact) mass is 442 g/mol. The van der Waals surface area contributed by atoms with Crippen molar-refractivity contribution in [1.29, 1.82) is 0 Å². The van der Waals surface area contributed by atoms with E-state index in [0.717, 1.165) is 36.9 Å². The van der Waals surface area contributed by atoms with Gasteiger partial charge in [-0.1, -0.05) is 43.9 Å². The smallest absolute Gasteiger partial charge is 0.264 e. The fourth-order valence-corrected chi connectivity index (χ4v) is 6.05. The second-order valence-corrected chi connectivity index (χ2v) is 10.3. The Morgan fingerprint density at radius 1 is 1.10 bits per heavy atom. The van der Waals surface area contributed by atoms with Crippen molar-refractivity contribution in [2.45, 2.75) is 62.8 Å². The lowest BCUT2D eigenvalue weighted by atomic mass is 10.1. The van der Waals surface area contributed by atoms with Crippen molar-refractivity contribution >= 4 is 21.6 Å². The van der Waals surface area contributed by atoms with Gasteiger partial charge in [-0.05, 0) is 61.6 Å². The molecule has 1 saturated carbocycles. The molecule has 1 fully saturated rings. The molecule has 2 aromatic rings. The minimum absolute atomic E-state index is 0.0665. The van der Waals surface area contributed by atoms with Gasteiger partial charge < -0.3 is 10.1 Å². The summed E-state index contributed by atoms with van der Waals surface area (Å²) in [4.78, 5) is 12.5. The van der Waals surface area contributed by atoms with E-state index in [9.17, 15) is 13.2 Å². The number of amides is 1. The van der Waals surface area contributed by atoms with Gasteiger partial charge in [0, 0.05) is 12.6 Å². The van der Waals surface area contributed by atoms with Crippen LogP contribution in [0, 0.1) is 6.92 Å². The zero-order valence-electron chi connectivity index (χ0n) is 18.0. The van der Waals surface area contributed by atoms with Crippen LogP contribution in [-0.4, -0.2) is 33.5 Å². The number of carbonyl (C=O) groups excluding carboxylic acids is 1. The number of ether oxygens (including phenoxy) is 1. The van der Waals surface area contributed by atoms with Gasteiger partial charge in [0.1, 0.15) is 5.75 Å². The van der Waals surface area contributed by atoms with Crippen molar-refractivity contribution in [1.82, 2.24) is 5.32 Å². The minimum atomic E-state index is -3.65. The number of fused-ring (bicyclic) bond motifs is 1. The number of nitrogens with one attached hydrogen (secondary N) is 1. The molecule has 1 aliphatic carbocycles. The fourth-order valence-electron chi connectivity index (χ4n) is 4.47. The van der Waals surface area contributed by atoms with Gasteiger partial charge in [-0.15, -0.1) is 0 Å². The van der Waals surface area contributed by atoms with Gasteiger partial charge >= 0.3 is 0 Å². The molecule has 0 saturated heterocycles. The quantitative estimate of drug-likeness (QED) is 0.687. The normalized spacial score (nSPS) is 17.1. The van der Waals surface area contributed by atoms with Crippen molar-refractivity contribution in [2.24, 2.45) is 0 Å². The number of benzene rings is 2. The summed E-state index contributed by atoms with van der Waals surface area (Å²) in [7, 11) is -3.65. The van der Waals surface area contributed by atoms with Crippen molar-refractivity contribution in [3.63, 3.8) is 0 Å². The number of aryl methyl sites for hydroxylation is 1. The molecule has 2 aromatic carbocycles. The second kappa shape index (κ2) is 9.30. The summed E-state index contributed by atoms with van der Waals surface area (Å²) < 4.78 is 33.6. The summed E-state index contributed by atoms with van der Waals surface area (Å²) in [5.74, 6) is 0.397. The van der Waals surface area contributed by atoms with Crippen molar-refractivity contribution < 1.29 is 17.9 Å². The van der Waals surface area contributed by atoms with E-state index in [-0.39, 0.29) is 23.5 Å². The molecule has 2 aliphatic rings. The maximum atomic E-state index is 13.2. The molecule has 0 spiro atoms. The lowest BCUT2D eigenvalue weighted by molar-refractivity contribution is -0.123. The van der Waals surface area contributed by atoms with E-state index in [1.165, 1.54) is 17.1 Å². The first-order chi connectivity index (χ1) is 14.9. The summed E-state index contributed by atoms with van der Waals surface area (Å²) in [6.45, 7) is 2.18. The molecular formula is C24H30N2O4S. The number of hydrogen-bond acceptors (Lipinski definition) is 4. The Morgan fingerprint density at radius 2 is 1.84 bits per heavy atom. The molecule has 1 aliphatic heterocycles. The number of hydrogen-bond donors (Lipinski definition) is 1. The van der Waals surface area contributed by atoms with E-state index in [1.807, 2.05) is 24.3 Å². The average molecular weight is 443 g/mol. The summed E-state index contributed by atoms with van der Waals surface area (Å²) in [6, 6.07) is 12.6. The number of carbonyl (C=O) groups is 1. The van der Waals surface area contributed by atoms with E-state index >= 15 is 0 Å². The Hall–Kier alpha value is -2.54. The van der Waals surface area contributed by atoms with Crippen LogP contribution >= 0.6 is 0 Å². The van der Waals surface area contributed by atoms with Gasteiger partial charge in [0.15, 0.2) is 6.61 Å². The van der Waals surface area contributed by atoms with Crippen LogP contribution < -0.4 is 14.4 Å². The molecule has 0 unspecified atom stereocenters. The van der Waals surface area contributed by atoms with E-state index in [1.54, 1.807) is 25.1 Å². The van der Waals surface area contributed by atoms with Gasteiger partial charge in [0.05, 0.1) is 10.6 Å². The summed E-state index contributed by atoms with van der Waals surface area (Å²) in [5.41, 5.74) is 2.48. The van der Waals surface area contributed by atoms with Crippen LogP contribution in [0.5, 0.6) is 5.75 Å². The molecular weight excluding hydrogens is 412 g/mol. The van der Waals surface area contributed by atoms with Crippen LogP contribution in [0.1, 0.15) is 49.7 Å². The van der Waals surface area contributed by atoms with Crippen LogP contribution in [0.4, 0.5) is 5.69 Å². The first-order valence-corrected chi connectivity index (χ1v) is 12.5. The van der Waals surface area contributed by atoms with Gasteiger partial charge in [-0.2, -0.15) is 0 Å². The summed E-state index contributed by atoms with van der Waals surface area (Å²) in [5, 5.41) is 3.06. The Bertz CT molecular complexity index is 1040. The number of para-hydroxylation sites is 1. The molecule has 0 aromatic heterocycles. The topological polar surface area (TPSA) is 75.7 Å². The maximum absolute atomic E-state index is 13.2. The molecule has 6 nitrogen and oxygen atoms in total. The lowest BCUT2D eigenvalue weighted by Crippen LogP contribution is -2.37. The molecule has 0 radical (unpaired) electrons. The number of rotatable bonds is 6. The zero-order chi connectivity index (χ0) is 21.8. The molecule has 1 N–H and O–H groups in total. The van der Waals surface area contributed by atoms with E-state index < -0.39 is 10.0 Å². The van der Waals surface area contributed by atoms with Crippen molar-refractivity contribution in [3.8, 4) is 5.75 Å². The third kappa shape index (κ3) is 4.87. The van der Waals surface area contributed by atoms with Gasteiger partial charge in [0.2, 0.25) is 0 Å². The van der Waals surface area contributed by atoms with Gasteiger partial charge in [0.25, 0.3) is 15.9 Å². The maximum Gasteiger partial charge on any atom is 0.264 e. The first kappa shape index (κ1) is 21.7. The van der Waals surface area contributed by atoms with E-state index in [0.29, 0.717) is 24.3 Å². The molecule has 1 amide bonds. The predicted octanol–water partition coefficient (Wildman–Crippen LogP) is 3.96.